The summed E-state index contributed by atoms with van der Waals surface area (Å²) in [6.45, 7) is 0.957. The summed E-state index contributed by atoms with van der Waals surface area (Å²) in [5.74, 6) is 1.23. The molecule has 0 spiro atoms. The van der Waals surface area contributed by atoms with Crippen LogP contribution in [0.3, 0.4) is 0 Å². The van der Waals surface area contributed by atoms with E-state index in [1.807, 2.05) is 30.5 Å². The van der Waals surface area contributed by atoms with Crippen LogP contribution < -0.4 is 9.47 Å². The van der Waals surface area contributed by atoms with E-state index in [0.29, 0.717) is 35.4 Å². The maximum absolute atomic E-state index is 9.35. The van der Waals surface area contributed by atoms with Crippen LogP contribution in [0.4, 0.5) is 0 Å². The van der Waals surface area contributed by atoms with Gasteiger partial charge in [0.2, 0.25) is 0 Å². The van der Waals surface area contributed by atoms with Gasteiger partial charge in [-0.2, -0.15) is 0 Å². The van der Waals surface area contributed by atoms with E-state index in [0.717, 1.165) is 5.75 Å². The molecule has 0 radical (unpaired) electrons. The molecule has 0 aliphatic rings. The number of aromatic hydroxyl groups is 1. The molecule has 2 aromatic carbocycles. The highest BCUT2D eigenvalue weighted by Gasteiger charge is 2.09. The fourth-order valence-corrected chi connectivity index (χ4v) is 2.77. The Balaban J connectivity index is 1.75. The lowest BCUT2D eigenvalue weighted by molar-refractivity contribution is 0.247. The molecule has 0 aliphatic heterocycles. The lowest BCUT2D eigenvalue weighted by Crippen LogP contribution is -2.05. The van der Waals surface area contributed by atoms with Crippen molar-refractivity contribution in [1.82, 2.24) is 0 Å². The zero-order valence-corrected chi connectivity index (χ0v) is 14.3. The lowest BCUT2D eigenvalue weighted by Gasteiger charge is -2.11. The average molecular weight is 359 g/mol. The minimum atomic E-state index is 0.0133. The normalized spacial score (nSPS) is 10.5. The first-order valence-corrected chi connectivity index (χ1v) is 8.66. The molecule has 2 aromatic rings. The van der Waals surface area contributed by atoms with Gasteiger partial charge in [-0.1, -0.05) is 23.2 Å². The van der Waals surface area contributed by atoms with E-state index in [1.165, 1.54) is 17.0 Å². The third-order valence-electron chi connectivity index (χ3n) is 2.85. The summed E-state index contributed by atoms with van der Waals surface area (Å²) >= 11 is 13.6. The maximum atomic E-state index is 9.35. The van der Waals surface area contributed by atoms with Crippen LogP contribution in [-0.2, 0) is 0 Å². The number of phenols is 1. The molecule has 2 rings (SSSR count). The predicted octanol–water partition coefficient (Wildman–Crippen LogP) is 5.27. The second-order valence-corrected chi connectivity index (χ2v) is 6.16. The molecule has 0 aromatic heterocycles. The first kappa shape index (κ1) is 17.1. The van der Waals surface area contributed by atoms with E-state index in [-0.39, 0.29) is 5.75 Å². The van der Waals surface area contributed by atoms with Crippen molar-refractivity contribution in [2.75, 3.05) is 19.5 Å². The Morgan fingerprint density at radius 2 is 1.59 bits per heavy atom. The third kappa shape index (κ3) is 4.90. The number of thioether (sulfide) groups is 1. The fraction of sp³-hybridized carbons (Fsp3) is 0.250. The quantitative estimate of drug-likeness (QED) is 0.540. The van der Waals surface area contributed by atoms with Crippen LogP contribution in [0.25, 0.3) is 0 Å². The molecule has 22 heavy (non-hydrogen) atoms. The molecule has 0 bridgehead atoms. The van der Waals surface area contributed by atoms with Gasteiger partial charge >= 0.3 is 0 Å². The maximum Gasteiger partial charge on any atom is 0.156 e. The van der Waals surface area contributed by atoms with Crippen molar-refractivity contribution >= 4 is 35.0 Å². The summed E-state index contributed by atoms with van der Waals surface area (Å²) in [6, 6.07) is 10.7. The monoisotopic (exact) mass is 358 g/mol. The molecule has 1 N–H and O–H groups in total. The Bertz CT molecular complexity index is 594. The second-order valence-electron chi connectivity index (χ2n) is 4.46. The topological polar surface area (TPSA) is 38.7 Å². The van der Waals surface area contributed by atoms with Crippen LogP contribution in [0, 0.1) is 0 Å². The van der Waals surface area contributed by atoms with Gasteiger partial charge in [0.1, 0.15) is 11.5 Å². The van der Waals surface area contributed by atoms with Crippen molar-refractivity contribution in [3.8, 4) is 17.2 Å². The van der Waals surface area contributed by atoms with Crippen molar-refractivity contribution < 1.29 is 14.6 Å². The standard InChI is InChI=1S/C16H16Cl2O3S/c1-22-13-5-3-12(4-6-13)20-7-2-8-21-16-14(17)9-11(19)10-15(16)18/h3-6,9-10,19H,2,7-8H2,1H3. The van der Waals surface area contributed by atoms with Crippen LogP contribution in [0.15, 0.2) is 41.3 Å². The molecule has 118 valence electrons. The zero-order valence-electron chi connectivity index (χ0n) is 12.0. The van der Waals surface area contributed by atoms with Crippen LogP contribution in [-0.4, -0.2) is 24.6 Å². The first-order valence-electron chi connectivity index (χ1n) is 6.68. The molecular formula is C16H16Cl2O3S. The Hall–Kier alpha value is -1.23. The summed E-state index contributed by atoms with van der Waals surface area (Å²) in [5.41, 5.74) is 0. The van der Waals surface area contributed by atoms with Crippen LogP contribution in [0.2, 0.25) is 10.0 Å². The van der Waals surface area contributed by atoms with Crippen LogP contribution >= 0.6 is 35.0 Å². The highest BCUT2D eigenvalue weighted by atomic mass is 35.5. The van der Waals surface area contributed by atoms with Gasteiger partial charge in [0.25, 0.3) is 0 Å². The summed E-state index contributed by atoms with van der Waals surface area (Å²) in [4.78, 5) is 1.20. The van der Waals surface area contributed by atoms with Gasteiger partial charge in [-0.05, 0) is 30.5 Å². The van der Waals surface area contributed by atoms with E-state index in [1.54, 1.807) is 11.8 Å². The van der Waals surface area contributed by atoms with Crippen molar-refractivity contribution in [2.45, 2.75) is 11.3 Å². The number of benzene rings is 2. The van der Waals surface area contributed by atoms with Crippen molar-refractivity contribution in [2.24, 2.45) is 0 Å². The number of hydrogen-bond donors (Lipinski definition) is 1. The highest BCUT2D eigenvalue weighted by molar-refractivity contribution is 7.98. The van der Waals surface area contributed by atoms with E-state index < -0.39 is 0 Å². The predicted molar refractivity (Wildman–Crippen MR) is 92.0 cm³/mol. The lowest BCUT2D eigenvalue weighted by atomic mass is 10.3. The van der Waals surface area contributed by atoms with Crippen molar-refractivity contribution in [3.63, 3.8) is 0 Å². The number of hydrogen-bond acceptors (Lipinski definition) is 4. The van der Waals surface area contributed by atoms with Gasteiger partial charge in [-0.3, -0.25) is 0 Å². The van der Waals surface area contributed by atoms with Gasteiger partial charge < -0.3 is 14.6 Å². The molecule has 0 amide bonds. The molecule has 6 heteroatoms. The molecule has 0 unspecified atom stereocenters. The molecule has 0 saturated carbocycles. The van der Waals surface area contributed by atoms with Gasteiger partial charge in [0.15, 0.2) is 5.75 Å². The number of halogens is 2. The zero-order chi connectivity index (χ0) is 15.9. The summed E-state index contributed by atoms with van der Waals surface area (Å²) in [5, 5.41) is 9.93. The summed E-state index contributed by atoms with van der Waals surface area (Å²) in [6.07, 6.45) is 2.73. The molecule has 3 nitrogen and oxygen atoms in total. The smallest absolute Gasteiger partial charge is 0.156 e. The van der Waals surface area contributed by atoms with E-state index in [2.05, 4.69) is 0 Å². The second kappa shape index (κ2) is 8.42. The van der Waals surface area contributed by atoms with E-state index in [9.17, 15) is 5.11 Å². The number of rotatable bonds is 7. The average Bonchev–Trinajstić information content (AvgIpc) is 2.49. The van der Waals surface area contributed by atoms with Gasteiger partial charge in [-0.15, -0.1) is 11.8 Å². The van der Waals surface area contributed by atoms with Crippen molar-refractivity contribution in [3.05, 3.63) is 46.4 Å². The molecule has 0 heterocycles. The Morgan fingerprint density at radius 1 is 1.00 bits per heavy atom. The summed E-state index contributed by atoms with van der Waals surface area (Å²) in [7, 11) is 0. The molecular weight excluding hydrogens is 343 g/mol. The van der Waals surface area contributed by atoms with Gasteiger partial charge in [0, 0.05) is 23.4 Å². The van der Waals surface area contributed by atoms with E-state index in [4.69, 9.17) is 32.7 Å². The number of ether oxygens (including phenoxy) is 2. The Labute approximate surface area is 144 Å². The molecule has 0 atom stereocenters. The molecule has 0 fully saturated rings. The first-order chi connectivity index (χ1) is 10.6. The Kier molecular flexibility index (Phi) is 6.55. The number of phenolic OH excluding ortho intramolecular Hbond substituents is 1. The van der Waals surface area contributed by atoms with E-state index >= 15 is 0 Å². The molecule has 0 aliphatic carbocycles. The highest BCUT2D eigenvalue weighted by Crippen LogP contribution is 2.36. The van der Waals surface area contributed by atoms with Crippen LogP contribution in [0.5, 0.6) is 17.2 Å². The largest absolute Gasteiger partial charge is 0.508 e. The van der Waals surface area contributed by atoms with Gasteiger partial charge in [0.05, 0.1) is 23.3 Å². The third-order valence-corrected chi connectivity index (χ3v) is 4.15. The Morgan fingerprint density at radius 3 is 2.18 bits per heavy atom. The molecule has 0 saturated heterocycles. The van der Waals surface area contributed by atoms with Gasteiger partial charge in [-0.25, -0.2) is 0 Å². The SMILES string of the molecule is CSc1ccc(OCCCOc2c(Cl)cc(O)cc2Cl)cc1. The minimum absolute atomic E-state index is 0.0133. The van der Waals surface area contributed by atoms with Crippen LogP contribution in [0.1, 0.15) is 6.42 Å². The summed E-state index contributed by atoms with van der Waals surface area (Å²) < 4.78 is 11.2. The fourth-order valence-electron chi connectivity index (χ4n) is 1.78. The van der Waals surface area contributed by atoms with Crippen molar-refractivity contribution in [1.29, 1.82) is 0 Å². The minimum Gasteiger partial charge on any atom is -0.508 e.